The van der Waals surface area contributed by atoms with Crippen LogP contribution in [0.15, 0.2) is 84.9 Å². The van der Waals surface area contributed by atoms with Crippen molar-refractivity contribution in [3.63, 3.8) is 0 Å². The van der Waals surface area contributed by atoms with Crippen molar-refractivity contribution in [2.75, 3.05) is 14.2 Å². The number of benzene rings is 3. The largest absolute Gasteiger partial charge is 0.497 e. The first-order chi connectivity index (χ1) is 15.5. The molecule has 0 aromatic heterocycles. The summed E-state index contributed by atoms with van der Waals surface area (Å²) >= 11 is 0. The zero-order chi connectivity index (χ0) is 22.9. The molecule has 0 spiro atoms. The minimum atomic E-state index is -0.596. The first-order valence-electron chi connectivity index (χ1n) is 10.8. The Morgan fingerprint density at radius 1 is 0.875 bits per heavy atom. The monoisotopic (exact) mass is 430 g/mol. The van der Waals surface area contributed by atoms with Crippen LogP contribution < -0.4 is 10.1 Å². The third kappa shape index (κ3) is 5.76. The van der Waals surface area contributed by atoms with Gasteiger partial charge < -0.3 is 15.0 Å². The molecular formula is C27H30N2O3. The quantitative estimate of drug-likeness (QED) is 0.548. The number of nitrogens with zero attached hydrogens (tertiary/aromatic N) is 1. The molecule has 3 aromatic carbocycles. The second-order valence-electron chi connectivity index (χ2n) is 7.74. The summed E-state index contributed by atoms with van der Waals surface area (Å²) < 4.78 is 5.23. The van der Waals surface area contributed by atoms with E-state index in [1.54, 1.807) is 26.0 Å². The molecule has 0 saturated carbocycles. The summed E-state index contributed by atoms with van der Waals surface area (Å²) in [5, 5.41) is 2.67. The molecular weight excluding hydrogens is 400 g/mol. The van der Waals surface area contributed by atoms with Crippen molar-refractivity contribution in [1.29, 1.82) is 0 Å². The second kappa shape index (κ2) is 11.1. The fourth-order valence-electron chi connectivity index (χ4n) is 3.81. The van der Waals surface area contributed by atoms with E-state index in [0.717, 1.165) is 22.4 Å². The molecule has 32 heavy (non-hydrogen) atoms. The minimum absolute atomic E-state index is 0.0744. The lowest BCUT2D eigenvalue weighted by atomic mass is 9.88. The molecule has 3 aromatic rings. The molecule has 0 heterocycles. The number of nitrogens with one attached hydrogen (secondary N) is 1. The van der Waals surface area contributed by atoms with Crippen molar-refractivity contribution < 1.29 is 14.3 Å². The molecule has 1 atom stereocenters. The molecule has 3 rings (SSSR count). The van der Waals surface area contributed by atoms with Crippen LogP contribution in [0.1, 0.15) is 36.0 Å². The van der Waals surface area contributed by atoms with E-state index in [1.807, 2.05) is 84.9 Å². The Kier molecular flexibility index (Phi) is 8.03. The lowest BCUT2D eigenvalue weighted by Crippen LogP contribution is -2.47. The Morgan fingerprint density at radius 3 is 1.88 bits per heavy atom. The number of carbonyl (C=O) groups excluding carboxylic acids is 2. The van der Waals surface area contributed by atoms with Gasteiger partial charge in [-0.15, -0.1) is 0 Å². The number of ether oxygens (including phenoxy) is 1. The third-order valence-corrected chi connectivity index (χ3v) is 5.71. The van der Waals surface area contributed by atoms with E-state index in [-0.39, 0.29) is 24.2 Å². The first-order valence-corrected chi connectivity index (χ1v) is 10.8. The molecule has 0 aliphatic rings. The van der Waals surface area contributed by atoms with Crippen LogP contribution in [0, 0.1) is 0 Å². The molecule has 2 amide bonds. The van der Waals surface area contributed by atoms with Crippen molar-refractivity contribution in [1.82, 2.24) is 10.2 Å². The number of hydrogen-bond donors (Lipinski definition) is 1. The molecule has 0 aliphatic heterocycles. The van der Waals surface area contributed by atoms with Crippen molar-refractivity contribution in [2.45, 2.75) is 31.8 Å². The van der Waals surface area contributed by atoms with Gasteiger partial charge in [0.05, 0.1) is 7.11 Å². The van der Waals surface area contributed by atoms with E-state index >= 15 is 0 Å². The maximum absolute atomic E-state index is 13.6. The smallest absolute Gasteiger partial charge is 0.242 e. The molecule has 5 heteroatoms. The number of amides is 2. The maximum Gasteiger partial charge on any atom is 0.242 e. The van der Waals surface area contributed by atoms with Gasteiger partial charge in [0, 0.05) is 25.9 Å². The molecule has 0 unspecified atom stereocenters. The summed E-state index contributed by atoms with van der Waals surface area (Å²) in [6, 6.07) is 27.0. The highest BCUT2D eigenvalue weighted by Gasteiger charge is 2.28. The molecule has 0 bridgehead atoms. The number of hydrogen-bond acceptors (Lipinski definition) is 3. The third-order valence-electron chi connectivity index (χ3n) is 5.71. The van der Waals surface area contributed by atoms with Gasteiger partial charge in [-0.3, -0.25) is 9.59 Å². The molecule has 0 saturated heterocycles. The van der Waals surface area contributed by atoms with Crippen molar-refractivity contribution in [2.24, 2.45) is 0 Å². The lowest BCUT2D eigenvalue weighted by molar-refractivity contribution is -0.140. The summed E-state index contributed by atoms with van der Waals surface area (Å²) in [5.41, 5.74) is 3.08. The van der Waals surface area contributed by atoms with Gasteiger partial charge in [0.25, 0.3) is 0 Å². The Balaban J connectivity index is 1.89. The second-order valence-corrected chi connectivity index (χ2v) is 7.74. The van der Waals surface area contributed by atoms with Crippen LogP contribution in [0.4, 0.5) is 0 Å². The van der Waals surface area contributed by atoms with Gasteiger partial charge in [-0.2, -0.15) is 0 Å². The van der Waals surface area contributed by atoms with Gasteiger partial charge in [-0.1, -0.05) is 72.8 Å². The van der Waals surface area contributed by atoms with Crippen molar-refractivity contribution in [3.8, 4) is 5.75 Å². The van der Waals surface area contributed by atoms with E-state index in [0.29, 0.717) is 6.54 Å². The lowest BCUT2D eigenvalue weighted by Gasteiger charge is -2.30. The zero-order valence-electron chi connectivity index (χ0n) is 18.8. The van der Waals surface area contributed by atoms with Crippen LogP contribution in [-0.2, 0) is 16.1 Å². The summed E-state index contributed by atoms with van der Waals surface area (Å²) in [6.45, 7) is 2.11. The Labute approximate surface area is 190 Å². The molecule has 1 N–H and O–H groups in total. The average molecular weight is 431 g/mol. The summed E-state index contributed by atoms with van der Waals surface area (Å²) in [5.74, 6) is 0.386. The molecule has 0 fully saturated rings. The van der Waals surface area contributed by atoms with Crippen molar-refractivity contribution >= 4 is 11.8 Å². The van der Waals surface area contributed by atoms with E-state index in [2.05, 4.69) is 5.32 Å². The number of carbonyl (C=O) groups is 2. The van der Waals surface area contributed by atoms with Crippen LogP contribution in [0.5, 0.6) is 5.75 Å². The first kappa shape index (κ1) is 23.1. The van der Waals surface area contributed by atoms with E-state index in [4.69, 9.17) is 4.74 Å². The normalized spacial score (nSPS) is 11.6. The Hall–Kier alpha value is -3.60. The molecule has 0 radical (unpaired) electrons. The highest BCUT2D eigenvalue weighted by molar-refractivity contribution is 5.87. The molecule has 5 nitrogen and oxygen atoms in total. The zero-order valence-corrected chi connectivity index (χ0v) is 18.8. The highest BCUT2D eigenvalue weighted by atomic mass is 16.5. The standard InChI is InChI=1S/C27H30N2O3/c1-20(27(31)28-2)29(19-21-14-16-24(32-3)17-15-21)26(30)18-25(22-10-6-4-7-11-22)23-12-8-5-9-13-23/h4-17,20,25H,18-19H2,1-3H3,(H,28,31)/t20-/m0/s1. The van der Waals surface area contributed by atoms with E-state index < -0.39 is 6.04 Å². The fraction of sp³-hybridized carbons (Fsp3) is 0.259. The van der Waals surface area contributed by atoms with Crippen LogP contribution in [0.3, 0.4) is 0 Å². The Bertz CT molecular complexity index is 965. The number of rotatable bonds is 9. The van der Waals surface area contributed by atoms with Crippen molar-refractivity contribution in [3.05, 3.63) is 102 Å². The van der Waals surface area contributed by atoms with Crippen LogP contribution >= 0.6 is 0 Å². The van der Waals surface area contributed by atoms with Gasteiger partial charge >= 0.3 is 0 Å². The van der Waals surface area contributed by atoms with Gasteiger partial charge in [0.1, 0.15) is 11.8 Å². The van der Waals surface area contributed by atoms with Crippen LogP contribution in [-0.4, -0.2) is 36.9 Å². The fourth-order valence-corrected chi connectivity index (χ4v) is 3.81. The highest BCUT2D eigenvalue weighted by Crippen LogP contribution is 2.29. The number of likely N-dealkylation sites (N-methyl/N-ethyl adjacent to an activating group) is 1. The topological polar surface area (TPSA) is 58.6 Å². The predicted molar refractivity (Wildman–Crippen MR) is 126 cm³/mol. The summed E-state index contributed by atoms with van der Waals surface area (Å²) in [4.78, 5) is 27.7. The summed E-state index contributed by atoms with van der Waals surface area (Å²) in [7, 11) is 3.21. The molecule has 0 aliphatic carbocycles. The predicted octanol–water partition coefficient (Wildman–Crippen LogP) is 4.38. The minimum Gasteiger partial charge on any atom is -0.497 e. The van der Waals surface area contributed by atoms with Crippen LogP contribution in [0.25, 0.3) is 0 Å². The Morgan fingerprint density at radius 2 is 1.41 bits per heavy atom. The summed E-state index contributed by atoms with van der Waals surface area (Å²) in [6.07, 6.45) is 0.269. The van der Waals surface area contributed by atoms with E-state index in [9.17, 15) is 9.59 Å². The van der Waals surface area contributed by atoms with Gasteiger partial charge in [-0.05, 0) is 35.7 Å². The maximum atomic E-state index is 13.6. The van der Waals surface area contributed by atoms with E-state index in [1.165, 1.54) is 0 Å². The van der Waals surface area contributed by atoms with Gasteiger partial charge in [0.2, 0.25) is 11.8 Å². The number of methoxy groups -OCH3 is 1. The van der Waals surface area contributed by atoms with Crippen LogP contribution in [0.2, 0.25) is 0 Å². The van der Waals surface area contributed by atoms with Gasteiger partial charge in [-0.25, -0.2) is 0 Å². The SMILES string of the molecule is CNC(=O)[C@H](C)N(Cc1ccc(OC)cc1)C(=O)CC(c1ccccc1)c1ccccc1. The molecule has 166 valence electrons. The average Bonchev–Trinajstić information content (AvgIpc) is 2.86. The van der Waals surface area contributed by atoms with Gasteiger partial charge in [0.15, 0.2) is 0 Å².